The molecule has 0 spiro atoms. The van der Waals surface area contributed by atoms with E-state index in [4.69, 9.17) is 5.73 Å². The maximum Gasteiger partial charge on any atom is 0.317 e. The van der Waals surface area contributed by atoms with Crippen molar-refractivity contribution in [3.05, 3.63) is 12.3 Å². The van der Waals surface area contributed by atoms with Crippen LogP contribution in [-0.2, 0) is 4.79 Å². The predicted octanol–water partition coefficient (Wildman–Crippen LogP) is -0.254. The van der Waals surface area contributed by atoms with E-state index in [9.17, 15) is 9.59 Å². The second kappa shape index (κ2) is 4.13. The largest absolute Gasteiger partial charge is 0.351 e. The second-order valence-electron chi connectivity index (χ2n) is 3.44. The molecule has 0 atom stereocenters. The van der Waals surface area contributed by atoms with Crippen molar-refractivity contribution in [1.82, 2.24) is 9.97 Å². The lowest BCUT2D eigenvalue weighted by atomic mass is 10.4. The summed E-state index contributed by atoms with van der Waals surface area (Å²) in [6.07, 6.45) is 2.02. The van der Waals surface area contributed by atoms with Crippen molar-refractivity contribution in [2.45, 2.75) is 6.42 Å². The van der Waals surface area contributed by atoms with Crippen LogP contribution < -0.4 is 16.0 Å². The van der Waals surface area contributed by atoms with Crippen LogP contribution in [0.5, 0.6) is 0 Å². The van der Waals surface area contributed by atoms with Gasteiger partial charge in [-0.1, -0.05) is 0 Å². The monoisotopic (exact) mass is 221 g/mol. The zero-order valence-corrected chi connectivity index (χ0v) is 8.51. The van der Waals surface area contributed by atoms with Crippen LogP contribution in [0.25, 0.3) is 0 Å². The van der Waals surface area contributed by atoms with Crippen molar-refractivity contribution in [2.75, 3.05) is 23.3 Å². The normalized spacial score (nSPS) is 15.2. The molecule has 2 amide bonds. The average Bonchev–Trinajstić information content (AvgIpc) is 2.64. The van der Waals surface area contributed by atoms with Gasteiger partial charge in [0.2, 0.25) is 5.95 Å². The summed E-state index contributed by atoms with van der Waals surface area (Å²) in [6, 6.07) is 0.855. The van der Waals surface area contributed by atoms with E-state index in [1.807, 2.05) is 0 Å². The minimum absolute atomic E-state index is 0.164. The average molecular weight is 221 g/mol. The molecule has 0 saturated carbocycles. The van der Waals surface area contributed by atoms with Crippen LogP contribution in [0.1, 0.15) is 6.42 Å². The quantitative estimate of drug-likeness (QED) is 0.716. The summed E-state index contributed by atoms with van der Waals surface area (Å²) in [5.74, 6) is 0.922. The van der Waals surface area contributed by atoms with Crippen LogP contribution in [0.3, 0.4) is 0 Å². The van der Waals surface area contributed by atoms with E-state index in [1.54, 1.807) is 4.90 Å². The Morgan fingerprint density at radius 3 is 3.00 bits per heavy atom. The van der Waals surface area contributed by atoms with Gasteiger partial charge in [0.25, 0.3) is 0 Å². The van der Waals surface area contributed by atoms with Gasteiger partial charge in [0.05, 0.1) is 6.54 Å². The maximum atomic E-state index is 11.1. The van der Waals surface area contributed by atoms with E-state index in [-0.39, 0.29) is 5.78 Å². The number of nitrogens with two attached hydrogens (primary N) is 1. The first-order valence-corrected chi connectivity index (χ1v) is 4.81. The summed E-state index contributed by atoms with van der Waals surface area (Å²) in [5.41, 5.74) is 4.97. The summed E-state index contributed by atoms with van der Waals surface area (Å²) in [5, 5.41) is 2.36. The molecule has 7 nitrogen and oxygen atoms in total. The molecule has 7 heteroatoms. The number of primary amides is 1. The molecule has 1 aliphatic rings. The van der Waals surface area contributed by atoms with Crippen molar-refractivity contribution in [3.8, 4) is 0 Å². The summed E-state index contributed by atoms with van der Waals surface area (Å²) >= 11 is 0. The summed E-state index contributed by atoms with van der Waals surface area (Å²) in [4.78, 5) is 31.6. The highest BCUT2D eigenvalue weighted by molar-refractivity contribution is 5.87. The Kier molecular flexibility index (Phi) is 2.67. The fourth-order valence-electron chi connectivity index (χ4n) is 1.50. The van der Waals surface area contributed by atoms with Gasteiger partial charge in [-0.2, -0.15) is 4.98 Å². The van der Waals surface area contributed by atoms with E-state index in [0.29, 0.717) is 31.3 Å². The van der Waals surface area contributed by atoms with E-state index in [2.05, 4.69) is 15.3 Å². The number of hydrogen-bond donors (Lipinski definition) is 2. The Labute approximate surface area is 91.7 Å². The number of amides is 2. The summed E-state index contributed by atoms with van der Waals surface area (Å²) in [6.45, 7) is 0.929. The third-order valence-corrected chi connectivity index (χ3v) is 2.20. The van der Waals surface area contributed by atoms with Gasteiger partial charge in [-0.05, 0) is 6.07 Å². The molecule has 1 aliphatic heterocycles. The Bertz CT molecular complexity index is 434. The van der Waals surface area contributed by atoms with E-state index < -0.39 is 6.03 Å². The van der Waals surface area contributed by atoms with Crippen molar-refractivity contribution in [2.24, 2.45) is 5.73 Å². The van der Waals surface area contributed by atoms with Crippen LogP contribution in [0, 0.1) is 0 Å². The number of ketones is 1. The number of Topliss-reactive ketones (excluding diaryl/α,β-unsaturated/α-hetero) is 1. The molecule has 2 rings (SSSR count). The first-order valence-electron chi connectivity index (χ1n) is 4.81. The number of carbonyl (C=O) groups is 2. The second-order valence-corrected chi connectivity index (χ2v) is 3.44. The van der Waals surface area contributed by atoms with Crippen LogP contribution in [0.4, 0.5) is 16.6 Å². The Balaban J connectivity index is 2.15. The minimum atomic E-state index is -0.679. The lowest BCUT2D eigenvalue weighted by molar-refractivity contribution is -0.116. The zero-order valence-electron chi connectivity index (χ0n) is 8.51. The molecular weight excluding hydrogens is 210 g/mol. The summed E-state index contributed by atoms with van der Waals surface area (Å²) in [7, 11) is 0. The molecule has 1 saturated heterocycles. The molecule has 1 aromatic heterocycles. The van der Waals surface area contributed by atoms with Crippen molar-refractivity contribution >= 4 is 23.6 Å². The highest BCUT2D eigenvalue weighted by Crippen LogP contribution is 2.14. The van der Waals surface area contributed by atoms with E-state index >= 15 is 0 Å². The number of carbonyl (C=O) groups excluding carboxylic acids is 2. The SMILES string of the molecule is NC(=O)Nc1ccnc(N2CCC(=O)C2)n1. The van der Waals surface area contributed by atoms with Gasteiger partial charge in [-0.3, -0.25) is 10.1 Å². The third-order valence-electron chi connectivity index (χ3n) is 2.20. The molecule has 3 N–H and O–H groups in total. The van der Waals surface area contributed by atoms with E-state index in [1.165, 1.54) is 12.3 Å². The number of rotatable bonds is 2. The fourth-order valence-corrected chi connectivity index (χ4v) is 1.50. The molecule has 0 unspecified atom stereocenters. The fraction of sp³-hybridized carbons (Fsp3) is 0.333. The lowest BCUT2D eigenvalue weighted by Crippen LogP contribution is -2.24. The van der Waals surface area contributed by atoms with Gasteiger partial charge in [0, 0.05) is 19.2 Å². The minimum Gasteiger partial charge on any atom is -0.351 e. The number of aromatic nitrogens is 2. The Hall–Kier alpha value is -2.18. The van der Waals surface area contributed by atoms with E-state index in [0.717, 1.165) is 0 Å². The van der Waals surface area contributed by atoms with Crippen molar-refractivity contribution < 1.29 is 9.59 Å². The maximum absolute atomic E-state index is 11.1. The Morgan fingerprint density at radius 1 is 1.56 bits per heavy atom. The number of nitrogens with one attached hydrogen (secondary N) is 1. The lowest BCUT2D eigenvalue weighted by Gasteiger charge is -2.14. The third kappa shape index (κ3) is 2.25. The highest BCUT2D eigenvalue weighted by atomic mass is 16.2. The highest BCUT2D eigenvalue weighted by Gasteiger charge is 2.21. The summed E-state index contributed by atoms with van der Waals surface area (Å²) < 4.78 is 0. The molecule has 84 valence electrons. The molecule has 0 bridgehead atoms. The van der Waals surface area contributed by atoms with Gasteiger partial charge in [-0.15, -0.1) is 0 Å². The van der Waals surface area contributed by atoms with Gasteiger partial charge in [0.1, 0.15) is 5.82 Å². The van der Waals surface area contributed by atoms with Gasteiger partial charge < -0.3 is 10.6 Å². The Morgan fingerprint density at radius 2 is 2.38 bits per heavy atom. The molecule has 0 aromatic carbocycles. The molecule has 2 heterocycles. The number of nitrogens with zero attached hydrogens (tertiary/aromatic N) is 3. The van der Waals surface area contributed by atoms with Crippen LogP contribution in [0.2, 0.25) is 0 Å². The molecule has 0 aliphatic carbocycles. The van der Waals surface area contributed by atoms with Crippen LogP contribution in [-0.4, -0.2) is 34.9 Å². The van der Waals surface area contributed by atoms with Gasteiger partial charge in [-0.25, -0.2) is 9.78 Å². The van der Waals surface area contributed by atoms with Crippen LogP contribution in [0.15, 0.2) is 12.3 Å². The van der Waals surface area contributed by atoms with Crippen LogP contribution >= 0.6 is 0 Å². The molecule has 1 aromatic rings. The number of anilines is 2. The first-order chi connectivity index (χ1) is 7.65. The van der Waals surface area contributed by atoms with Crippen molar-refractivity contribution in [1.29, 1.82) is 0 Å². The zero-order chi connectivity index (χ0) is 11.5. The number of hydrogen-bond acceptors (Lipinski definition) is 5. The topological polar surface area (TPSA) is 101 Å². The predicted molar refractivity (Wildman–Crippen MR) is 57.1 cm³/mol. The molecular formula is C9H11N5O2. The molecule has 1 fully saturated rings. The molecule has 16 heavy (non-hydrogen) atoms. The standard InChI is InChI=1S/C9H11N5O2/c10-8(16)12-7-1-3-11-9(13-7)14-4-2-6(15)5-14/h1,3H,2,4-5H2,(H3,10,11,12,13,16). The molecule has 0 radical (unpaired) electrons. The first kappa shape index (κ1) is 10.3. The van der Waals surface area contributed by atoms with Gasteiger partial charge in [0.15, 0.2) is 5.78 Å². The van der Waals surface area contributed by atoms with Crippen molar-refractivity contribution in [3.63, 3.8) is 0 Å². The smallest absolute Gasteiger partial charge is 0.317 e. The van der Waals surface area contributed by atoms with Gasteiger partial charge >= 0.3 is 6.03 Å². The number of urea groups is 1.